The van der Waals surface area contributed by atoms with Gasteiger partial charge in [0.2, 0.25) is 0 Å². The average molecular weight is 539 g/mol. The number of rotatable bonds is 14. The second-order valence-corrected chi connectivity index (χ2v) is 18.7. The Bertz CT molecular complexity index is 876. The van der Waals surface area contributed by atoms with Crippen molar-refractivity contribution in [2.24, 2.45) is 0 Å². The van der Waals surface area contributed by atoms with E-state index in [0.717, 1.165) is 0 Å². The molecule has 34 heavy (non-hydrogen) atoms. The quantitative estimate of drug-likeness (QED) is 0.226. The minimum atomic E-state index is -3.64. The van der Waals surface area contributed by atoms with Gasteiger partial charge in [0.15, 0.2) is 0 Å². The van der Waals surface area contributed by atoms with Gasteiger partial charge in [0.1, 0.15) is 0 Å². The van der Waals surface area contributed by atoms with Gasteiger partial charge >= 0.3 is 34.2 Å². The molecule has 0 amide bonds. The molecule has 0 saturated carbocycles. The van der Waals surface area contributed by atoms with Crippen LogP contribution in [0.15, 0.2) is 36.7 Å². The second-order valence-electron chi connectivity index (χ2n) is 6.81. The van der Waals surface area contributed by atoms with Gasteiger partial charge in [0.05, 0.1) is 0 Å². The molecule has 8 nitrogen and oxygen atoms in total. The van der Waals surface area contributed by atoms with Crippen molar-refractivity contribution in [1.29, 1.82) is 0 Å². The van der Waals surface area contributed by atoms with Crippen LogP contribution >= 0.6 is 0 Å². The van der Waals surface area contributed by atoms with Crippen molar-refractivity contribution in [3.63, 3.8) is 0 Å². The summed E-state index contributed by atoms with van der Waals surface area (Å²) in [5.41, 5.74) is 8.79. The zero-order chi connectivity index (χ0) is 26.2. The lowest BCUT2D eigenvalue weighted by molar-refractivity contribution is 0.264. The van der Waals surface area contributed by atoms with E-state index >= 15 is 0 Å². The van der Waals surface area contributed by atoms with Crippen LogP contribution in [0.3, 0.4) is 0 Å². The Morgan fingerprint density at radius 2 is 0.853 bits per heavy atom. The molecule has 186 valence electrons. The fourth-order valence-corrected chi connectivity index (χ4v) is 14.9. The first-order chi connectivity index (χ1) is 16.2. The summed E-state index contributed by atoms with van der Waals surface area (Å²) in [4.78, 5) is 0. The van der Waals surface area contributed by atoms with Gasteiger partial charge in [-0.15, -0.1) is 26.0 Å². The molecular formula is C22H34O8Si4. The van der Waals surface area contributed by atoms with E-state index in [4.69, 9.17) is 48.3 Å². The molecule has 0 N–H and O–H groups in total. The van der Waals surface area contributed by atoms with Gasteiger partial charge in [0, 0.05) is 77.6 Å². The molecule has 0 aliphatic carbocycles. The van der Waals surface area contributed by atoms with Crippen LogP contribution in [0, 0.1) is 23.9 Å². The lowest BCUT2D eigenvalue weighted by Gasteiger charge is -2.38. The third kappa shape index (κ3) is 4.61. The van der Waals surface area contributed by atoms with Crippen LogP contribution < -0.4 is 20.7 Å². The molecule has 0 fully saturated rings. The molecule has 0 radical (unpaired) electrons. The highest BCUT2D eigenvalue weighted by atomic mass is 28.4. The largest absolute Gasteiger partial charge is 0.458 e. The molecule has 0 aliphatic heterocycles. The molecule has 1 aromatic carbocycles. The van der Waals surface area contributed by atoms with Crippen molar-refractivity contribution in [3.8, 4) is 23.9 Å². The Balaban J connectivity index is 4.72. The average Bonchev–Trinajstić information content (AvgIpc) is 2.90. The second kappa shape index (κ2) is 12.4. The summed E-state index contributed by atoms with van der Waals surface area (Å²) in [7, 11) is -1.71. The van der Waals surface area contributed by atoms with Crippen LogP contribution in [-0.2, 0) is 35.4 Å². The predicted molar refractivity (Wildman–Crippen MR) is 142 cm³/mol. The third-order valence-corrected chi connectivity index (χ3v) is 17.9. The minimum Gasteiger partial charge on any atom is -0.391 e. The van der Waals surface area contributed by atoms with E-state index in [-0.39, 0.29) is 0 Å². The standard InChI is InChI=1S/C22H34O8Si4/c1-13-31(23-5,24-6)19-17-18-20(32(14-2,25-7)26-8)22(34(16-4,29-11)30-12)21(19)33(15-3,27-9)28-10/h3-4,13-14,17-18H,1-2H2,5-12H3. The Morgan fingerprint density at radius 1 is 0.588 bits per heavy atom. The molecule has 0 unspecified atom stereocenters. The molecule has 0 aliphatic rings. The van der Waals surface area contributed by atoms with Crippen molar-refractivity contribution in [2.75, 3.05) is 56.9 Å². The van der Waals surface area contributed by atoms with Crippen LogP contribution in [-0.4, -0.2) is 91.1 Å². The topological polar surface area (TPSA) is 73.8 Å². The van der Waals surface area contributed by atoms with Crippen LogP contribution in [0.4, 0.5) is 0 Å². The summed E-state index contributed by atoms with van der Waals surface area (Å²) in [6.07, 6.45) is 12.1. The molecule has 1 rings (SSSR count). The van der Waals surface area contributed by atoms with Crippen LogP contribution in [0.2, 0.25) is 0 Å². The third-order valence-electron chi connectivity index (χ3n) is 5.89. The first-order valence-corrected chi connectivity index (χ1v) is 17.5. The Hall–Kier alpha value is -1.63. The minimum absolute atomic E-state index is 0.494. The SMILES string of the molecule is C#C[Si](OC)(OC)c1c([Si](C=C)(OC)OC)ccc([Si](C=C)(OC)OC)c1[Si](C#C)(OC)OC. The van der Waals surface area contributed by atoms with Crippen molar-refractivity contribution < 1.29 is 35.4 Å². The fourth-order valence-electron chi connectivity index (χ4n) is 3.98. The molecular weight excluding hydrogens is 505 g/mol. The number of benzene rings is 1. The predicted octanol–water partition coefficient (Wildman–Crippen LogP) is -0.750. The molecule has 0 spiro atoms. The van der Waals surface area contributed by atoms with Crippen LogP contribution in [0.1, 0.15) is 0 Å². The van der Waals surface area contributed by atoms with E-state index in [9.17, 15) is 0 Å². The molecule has 0 atom stereocenters. The summed E-state index contributed by atoms with van der Waals surface area (Å²) in [5, 5.41) is 2.21. The van der Waals surface area contributed by atoms with Gasteiger partial charge in [-0.3, -0.25) is 0 Å². The monoisotopic (exact) mass is 538 g/mol. The maximum absolute atomic E-state index is 6.07. The van der Waals surface area contributed by atoms with Crippen molar-refractivity contribution in [3.05, 3.63) is 36.7 Å². The normalized spacial score (nSPS) is 12.6. The first-order valence-electron chi connectivity index (χ1n) is 10.0. The summed E-state index contributed by atoms with van der Waals surface area (Å²) in [5.74, 6) is 0. The Labute approximate surface area is 207 Å². The van der Waals surface area contributed by atoms with Crippen molar-refractivity contribution in [2.45, 2.75) is 0 Å². The first kappa shape index (κ1) is 30.4. The lowest BCUT2D eigenvalue weighted by atomic mass is 10.3. The van der Waals surface area contributed by atoms with E-state index < -0.39 is 34.2 Å². The smallest absolute Gasteiger partial charge is 0.391 e. The Kier molecular flexibility index (Phi) is 11.1. The van der Waals surface area contributed by atoms with E-state index in [2.05, 4.69) is 24.2 Å². The molecule has 0 saturated heterocycles. The highest BCUT2D eigenvalue weighted by Crippen LogP contribution is 2.16. The van der Waals surface area contributed by atoms with Gasteiger partial charge in [0.25, 0.3) is 0 Å². The highest BCUT2D eigenvalue weighted by molar-refractivity contribution is 7.05. The summed E-state index contributed by atoms with van der Waals surface area (Å²) in [6.45, 7) is 7.94. The van der Waals surface area contributed by atoms with Gasteiger partial charge < -0.3 is 35.4 Å². The van der Waals surface area contributed by atoms with E-state index in [1.165, 1.54) is 28.4 Å². The number of hydrogen-bond acceptors (Lipinski definition) is 8. The van der Waals surface area contributed by atoms with Crippen molar-refractivity contribution >= 4 is 55.0 Å². The maximum atomic E-state index is 6.07. The van der Waals surface area contributed by atoms with Crippen LogP contribution in [0.25, 0.3) is 0 Å². The van der Waals surface area contributed by atoms with Gasteiger partial charge in [-0.2, -0.15) is 0 Å². The lowest BCUT2D eigenvalue weighted by Crippen LogP contribution is -2.80. The van der Waals surface area contributed by atoms with E-state index in [0.29, 0.717) is 20.7 Å². The van der Waals surface area contributed by atoms with Gasteiger partial charge in [-0.25, -0.2) is 0 Å². The summed E-state index contributed by atoms with van der Waals surface area (Å²) < 4.78 is 47.4. The Morgan fingerprint density at radius 3 is 1.00 bits per heavy atom. The zero-order valence-electron chi connectivity index (χ0n) is 21.1. The fraction of sp³-hybridized carbons (Fsp3) is 0.364. The highest BCUT2D eigenvalue weighted by Gasteiger charge is 2.56. The van der Waals surface area contributed by atoms with Gasteiger partial charge in [-0.05, 0) is 11.4 Å². The maximum Gasteiger partial charge on any atom is 0.458 e. The summed E-state index contributed by atoms with van der Waals surface area (Å²) in [6, 6.07) is 3.66. The molecule has 12 heteroatoms. The zero-order valence-corrected chi connectivity index (χ0v) is 25.1. The van der Waals surface area contributed by atoms with E-state index in [1.54, 1.807) is 39.8 Å². The van der Waals surface area contributed by atoms with Crippen molar-refractivity contribution in [1.82, 2.24) is 0 Å². The molecule has 0 bridgehead atoms. The molecule has 0 aromatic heterocycles. The molecule has 0 heterocycles. The number of hydrogen-bond donors (Lipinski definition) is 0. The molecule has 1 aromatic rings. The number of terminal acetylenes is 2. The van der Waals surface area contributed by atoms with Crippen LogP contribution in [0.5, 0.6) is 0 Å². The van der Waals surface area contributed by atoms with Gasteiger partial charge in [-0.1, -0.05) is 23.2 Å². The van der Waals surface area contributed by atoms with E-state index in [1.807, 2.05) is 12.1 Å². The summed E-state index contributed by atoms with van der Waals surface area (Å²) >= 11 is 0.